The van der Waals surface area contributed by atoms with E-state index >= 15 is 0 Å². The molecular weight excluding hydrogens is 707 g/mol. The Bertz CT molecular complexity index is 995. The van der Waals surface area contributed by atoms with E-state index in [9.17, 15) is 19.4 Å². The van der Waals surface area contributed by atoms with Crippen molar-refractivity contribution in [3.8, 4) is 0 Å². The number of carbonyl (C=O) groups excluding carboxylic acids is 1. The number of phosphoric acid groups is 1. The second kappa shape index (κ2) is 38.2. The average Bonchev–Trinajstić information content (AvgIpc) is 3.14. The van der Waals surface area contributed by atoms with E-state index in [2.05, 4.69) is 36.5 Å². The molecule has 1 amide bonds. The van der Waals surface area contributed by atoms with Crippen LogP contribution in [0.2, 0.25) is 0 Å². The van der Waals surface area contributed by atoms with E-state index in [1.165, 1.54) is 141 Å². The minimum absolute atomic E-state index is 0.0523. The van der Waals surface area contributed by atoms with Gasteiger partial charge in [0.2, 0.25) is 5.91 Å². The van der Waals surface area contributed by atoms with Crippen molar-refractivity contribution in [3.63, 3.8) is 0 Å². The van der Waals surface area contributed by atoms with Crippen LogP contribution in [0, 0.1) is 0 Å². The number of nitrogens with zero attached hydrogens (tertiary/aromatic N) is 1. The third-order valence-electron chi connectivity index (χ3n) is 10.1. The molecule has 0 aliphatic rings. The Labute approximate surface area is 340 Å². The molecule has 0 aliphatic heterocycles. The first-order valence-corrected chi connectivity index (χ1v) is 24.4. The minimum Gasteiger partial charge on any atom is -0.387 e. The number of likely N-dealkylation sites (N-methyl/N-ethyl adjacent to an activating group) is 1. The fourth-order valence-electron chi connectivity index (χ4n) is 6.40. The standard InChI is InChI=1S/C46H89N2O6P/c1-6-8-10-11-12-13-14-15-16-17-18-19-20-21-22-23-24-25-26-27-28-29-30-31-32-33-34-35-36-37-38-39-45(49)44(47-46(50)40-9-7-2)43-54-55(51,52)53-42-41-48(3,4)5/h30-31,34-35,38-39,44-45,49H,6-29,32-33,36-37,40-43H2,1-5H3,(H-,47,50,51,52)/p+1/b31-30+,35-34+,39-38+. The van der Waals surface area contributed by atoms with Gasteiger partial charge < -0.3 is 19.8 Å². The molecule has 55 heavy (non-hydrogen) atoms. The lowest BCUT2D eigenvalue weighted by molar-refractivity contribution is -0.870. The molecule has 3 N–H and O–H groups in total. The number of unbranched alkanes of at least 4 members (excludes halogenated alkanes) is 24. The summed E-state index contributed by atoms with van der Waals surface area (Å²) in [6.45, 7) is 4.53. The number of allylic oxidation sites excluding steroid dienone is 5. The van der Waals surface area contributed by atoms with Gasteiger partial charge in [0.05, 0.1) is 39.9 Å². The Morgan fingerprint density at radius 3 is 1.44 bits per heavy atom. The summed E-state index contributed by atoms with van der Waals surface area (Å²) in [6.07, 6.45) is 48.0. The van der Waals surface area contributed by atoms with Crippen LogP contribution in [0.3, 0.4) is 0 Å². The van der Waals surface area contributed by atoms with Crippen LogP contribution in [0.5, 0.6) is 0 Å². The van der Waals surface area contributed by atoms with Crippen LogP contribution in [0.25, 0.3) is 0 Å². The third-order valence-corrected chi connectivity index (χ3v) is 11.1. The van der Waals surface area contributed by atoms with Gasteiger partial charge in [-0.25, -0.2) is 4.57 Å². The van der Waals surface area contributed by atoms with Gasteiger partial charge in [-0.2, -0.15) is 0 Å². The van der Waals surface area contributed by atoms with Gasteiger partial charge in [-0.1, -0.05) is 185 Å². The fraction of sp³-hybridized carbons (Fsp3) is 0.848. The molecule has 0 aliphatic carbocycles. The van der Waals surface area contributed by atoms with Crippen LogP contribution in [-0.2, 0) is 18.4 Å². The molecule has 9 heteroatoms. The average molecular weight is 798 g/mol. The van der Waals surface area contributed by atoms with Crippen LogP contribution < -0.4 is 5.32 Å². The van der Waals surface area contributed by atoms with Crippen molar-refractivity contribution >= 4 is 13.7 Å². The van der Waals surface area contributed by atoms with Crippen molar-refractivity contribution in [2.45, 2.75) is 212 Å². The van der Waals surface area contributed by atoms with E-state index < -0.39 is 20.0 Å². The van der Waals surface area contributed by atoms with E-state index in [0.29, 0.717) is 17.4 Å². The molecule has 0 radical (unpaired) electrons. The fourth-order valence-corrected chi connectivity index (χ4v) is 7.14. The molecule has 0 bridgehead atoms. The summed E-state index contributed by atoms with van der Waals surface area (Å²) in [5.41, 5.74) is 0. The quantitative estimate of drug-likeness (QED) is 0.0246. The maximum atomic E-state index is 12.4. The lowest BCUT2D eigenvalue weighted by Crippen LogP contribution is -2.45. The number of amides is 1. The maximum absolute atomic E-state index is 12.4. The van der Waals surface area contributed by atoms with Crippen molar-refractivity contribution in [2.24, 2.45) is 0 Å². The number of hydrogen-bond donors (Lipinski definition) is 3. The Morgan fingerprint density at radius 2 is 1.00 bits per heavy atom. The highest BCUT2D eigenvalue weighted by Gasteiger charge is 2.27. The molecule has 8 nitrogen and oxygen atoms in total. The predicted octanol–water partition coefficient (Wildman–Crippen LogP) is 12.7. The smallest absolute Gasteiger partial charge is 0.387 e. The van der Waals surface area contributed by atoms with Gasteiger partial charge in [-0.05, 0) is 44.9 Å². The number of carbonyl (C=O) groups is 1. The highest BCUT2D eigenvalue weighted by molar-refractivity contribution is 7.47. The number of rotatable bonds is 41. The first-order valence-electron chi connectivity index (χ1n) is 22.9. The molecule has 0 aromatic rings. The topological polar surface area (TPSA) is 105 Å². The molecule has 3 unspecified atom stereocenters. The lowest BCUT2D eigenvalue weighted by atomic mass is 10.0. The van der Waals surface area contributed by atoms with Crippen molar-refractivity contribution in [1.82, 2.24) is 5.32 Å². The first-order chi connectivity index (χ1) is 26.5. The van der Waals surface area contributed by atoms with Crippen LogP contribution in [0.15, 0.2) is 36.5 Å². The highest BCUT2D eigenvalue weighted by Crippen LogP contribution is 2.43. The second-order valence-electron chi connectivity index (χ2n) is 16.8. The summed E-state index contributed by atoms with van der Waals surface area (Å²) >= 11 is 0. The van der Waals surface area contributed by atoms with Crippen LogP contribution in [0.1, 0.15) is 200 Å². The number of phosphoric ester groups is 1. The molecule has 0 aromatic carbocycles. The Hall–Kier alpha value is -1.28. The van der Waals surface area contributed by atoms with Gasteiger partial charge in [0.1, 0.15) is 13.2 Å². The summed E-state index contributed by atoms with van der Waals surface area (Å²) in [4.78, 5) is 22.5. The highest BCUT2D eigenvalue weighted by atomic mass is 31.2. The molecule has 0 aromatic heterocycles. The summed E-state index contributed by atoms with van der Waals surface area (Å²) in [5, 5.41) is 13.5. The van der Waals surface area contributed by atoms with Crippen molar-refractivity contribution in [1.29, 1.82) is 0 Å². The molecule has 324 valence electrons. The number of hydrogen-bond acceptors (Lipinski definition) is 5. The number of aliphatic hydroxyl groups is 1. The minimum atomic E-state index is -4.32. The lowest BCUT2D eigenvalue weighted by Gasteiger charge is -2.25. The van der Waals surface area contributed by atoms with E-state index in [1.807, 2.05) is 34.1 Å². The second-order valence-corrected chi connectivity index (χ2v) is 18.2. The SMILES string of the molecule is CCCCCCCCCCCCCCCCCCCCCCC/C=C/CC/C=C/CC/C=C/C(O)C(COP(=O)(O)OCC[N+](C)(C)C)NC(=O)CCCC. The van der Waals surface area contributed by atoms with E-state index in [0.717, 1.165) is 38.5 Å². The van der Waals surface area contributed by atoms with Gasteiger partial charge in [0.15, 0.2) is 0 Å². The molecule has 0 saturated carbocycles. The van der Waals surface area contributed by atoms with Gasteiger partial charge in [-0.15, -0.1) is 0 Å². The summed E-state index contributed by atoms with van der Waals surface area (Å²) in [6, 6.07) is -0.862. The molecule has 0 rings (SSSR count). The number of aliphatic hydroxyl groups excluding tert-OH is 1. The van der Waals surface area contributed by atoms with E-state index in [-0.39, 0.29) is 19.1 Å². The van der Waals surface area contributed by atoms with Crippen molar-refractivity contribution < 1.29 is 32.9 Å². The number of quaternary nitrogens is 1. The van der Waals surface area contributed by atoms with Crippen molar-refractivity contribution in [2.75, 3.05) is 40.9 Å². The molecular formula is C46H90N2O6P+. The summed E-state index contributed by atoms with van der Waals surface area (Å²) < 4.78 is 23.2. The van der Waals surface area contributed by atoms with Crippen LogP contribution in [-0.4, -0.2) is 73.4 Å². The van der Waals surface area contributed by atoms with Crippen LogP contribution >= 0.6 is 7.82 Å². The molecule has 0 saturated heterocycles. The normalized spacial score (nSPS) is 14.7. The summed E-state index contributed by atoms with van der Waals surface area (Å²) in [7, 11) is 1.54. The zero-order valence-electron chi connectivity index (χ0n) is 36.7. The summed E-state index contributed by atoms with van der Waals surface area (Å²) in [5.74, 6) is -0.227. The maximum Gasteiger partial charge on any atom is 0.472 e. The molecule has 0 heterocycles. The Morgan fingerprint density at radius 1 is 0.600 bits per heavy atom. The molecule has 0 spiro atoms. The van der Waals surface area contributed by atoms with E-state index in [4.69, 9.17) is 9.05 Å². The monoisotopic (exact) mass is 798 g/mol. The largest absolute Gasteiger partial charge is 0.472 e. The van der Waals surface area contributed by atoms with Gasteiger partial charge in [0, 0.05) is 6.42 Å². The molecule has 0 fully saturated rings. The van der Waals surface area contributed by atoms with Crippen LogP contribution in [0.4, 0.5) is 0 Å². The number of nitrogens with one attached hydrogen (secondary N) is 1. The van der Waals surface area contributed by atoms with E-state index in [1.54, 1.807) is 6.08 Å². The molecule has 3 atom stereocenters. The van der Waals surface area contributed by atoms with Gasteiger partial charge >= 0.3 is 7.82 Å². The van der Waals surface area contributed by atoms with Gasteiger partial charge in [0.25, 0.3) is 0 Å². The first kappa shape index (κ1) is 53.7. The third kappa shape index (κ3) is 40.7. The van der Waals surface area contributed by atoms with Crippen molar-refractivity contribution in [3.05, 3.63) is 36.5 Å². The zero-order chi connectivity index (χ0) is 40.7. The zero-order valence-corrected chi connectivity index (χ0v) is 37.6. The Balaban J connectivity index is 3.88. The van der Waals surface area contributed by atoms with Gasteiger partial charge in [-0.3, -0.25) is 13.8 Å². The predicted molar refractivity (Wildman–Crippen MR) is 235 cm³/mol. The Kier molecular flexibility index (Phi) is 37.4.